The fourth-order valence-corrected chi connectivity index (χ4v) is 3.13. The molecule has 20 heavy (non-hydrogen) atoms. The summed E-state index contributed by atoms with van der Waals surface area (Å²) in [6.07, 6.45) is 1.20. The molecule has 0 bridgehead atoms. The van der Waals surface area contributed by atoms with Crippen LogP contribution in [0.1, 0.15) is 47.5 Å². The molecule has 1 aliphatic carbocycles. The standard InChI is InChI=1S/C15H25NO4/c1-6-19-12(18)15(7-8-15)11(17)16-9-13(2,3)20-14(4,5)10-16/h6-10H2,1-5H3. The summed E-state index contributed by atoms with van der Waals surface area (Å²) in [4.78, 5) is 26.5. The third-order valence-corrected chi connectivity index (χ3v) is 3.81. The molecule has 0 N–H and O–H groups in total. The fraction of sp³-hybridized carbons (Fsp3) is 0.867. The summed E-state index contributed by atoms with van der Waals surface area (Å²) >= 11 is 0. The van der Waals surface area contributed by atoms with Gasteiger partial charge >= 0.3 is 5.97 Å². The molecule has 114 valence electrons. The highest BCUT2D eigenvalue weighted by molar-refractivity contribution is 6.05. The Morgan fingerprint density at radius 2 is 1.60 bits per heavy atom. The van der Waals surface area contributed by atoms with Gasteiger partial charge in [-0.3, -0.25) is 9.59 Å². The first kappa shape index (κ1) is 15.3. The molecule has 1 saturated carbocycles. The lowest BCUT2D eigenvalue weighted by Gasteiger charge is -2.47. The Balaban J connectivity index is 2.15. The van der Waals surface area contributed by atoms with Crippen LogP contribution < -0.4 is 0 Å². The zero-order valence-electron chi connectivity index (χ0n) is 13.1. The second-order valence-corrected chi connectivity index (χ2v) is 7.09. The summed E-state index contributed by atoms with van der Waals surface area (Å²) in [7, 11) is 0. The van der Waals surface area contributed by atoms with E-state index in [0.29, 0.717) is 32.5 Å². The highest BCUT2D eigenvalue weighted by Gasteiger charge is 2.60. The van der Waals surface area contributed by atoms with E-state index in [9.17, 15) is 9.59 Å². The average molecular weight is 283 g/mol. The number of carbonyl (C=O) groups excluding carboxylic acids is 2. The van der Waals surface area contributed by atoms with Gasteiger partial charge in [-0.05, 0) is 47.5 Å². The Labute approximate surface area is 120 Å². The van der Waals surface area contributed by atoms with Crippen LogP contribution in [0.5, 0.6) is 0 Å². The van der Waals surface area contributed by atoms with Crippen LogP contribution in [0.3, 0.4) is 0 Å². The molecule has 2 rings (SSSR count). The zero-order chi connectivity index (χ0) is 15.2. The molecule has 5 heteroatoms. The van der Waals surface area contributed by atoms with Gasteiger partial charge in [0.25, 0.3) is 0 Å². The summed E-state index contributed by atoms with van der Waals surface area (Å²) < 4.78 is 11.0. The zero-order valence-corrected chi connectivity index (χ0v) is 13.1. The molecule has 2 fully saturated rings. The predicted molar refractivity (Wildman–Crippen MR) is 74.1 cm³/mol. The van der Waals surface area contributed by atoms with Crippen LogP contribution in [0.2, 0.25) is 0 Å². The number of ether oxygens (including phenoxy) is 2. The molecule has 0 radical (unpaired) electrons. The second-order valence-electron chi connectivity index (χ2n) is 7.09. The molecule has 0 spiro atoms. The minimum atomic E-state index is -0.917. The largest absolute Gasteiger partial charge is 0.465 e. The molecule has 0 aromatic carbocycles. The maximum atomic E-state index is 12.7. The molecule has 1 amide bonds. The summed E-state index contributed by atoms with van der Waals surface area (Å²) in [6, 6.07) is 0. The van der Waals surface area contributed by atoms with E-state index in [2.05, 4.69) is 0 Å². The number of carbonyl (C=O) groups is 2. The lowest BCUT2D eigenvalue weighted by molar-refractivity contribution is -0.192. The van der Waals surface area contributed by atoms with Gasteiger partial charge in [-0.15, -0.1) is 0 Å². The maximum absolute atomic E-state index is 12.7. The van der Waals surface area contributed by atoms with Gasteiger partial charge in [-0.2, -0.15) is 0 Å². The lowest BCUT2D eigenvalue weighted by Crippen LogP contribution is -2.60. The Bertz CT molecular complexity index is 408. The Morgan fingerprint density at radius 3 is 2.00 bits per heavy atom. The minimum Gasteiger partial charge on any atom is -0.465 e. The Hall–Kier alpha value is -1.10. The maximum Gasteiger partial charge on any atom is 0.321 e. The predicted octanol–water partition coefficient (Wildman–Crippen LogP) is 1.75. The van der Waals surface area contributed by atoms with Crippen molar-refractivity contribution in [3.63, 3.8) is 0 Å². The topological polar surface area (TPSA) is 55.8 Å². The van der Waals surface area contributed by atoms with Crippen molar-refractivity contribution in [3.05, 3.63) is 0 Å². The first-order valence-corrected chi connectivity index (χ1v) is 7.29. The van der Waals surface area contributed by atoms with Gasteiger partial charge in [-0.25, -0.2) is 0 Å². The molecule has 0 unspecified atom stereocenters. The van der Waals surface area contributed by atoms with Gasteiger partial charge in [0, 0.05) is 13.1 Å². The number of nitrogens with zero attached hydrogens (tertiary/aromatic N) is 1. The van der Waals surface area contributed by atoms with E-state index < -0.39 is 16.6 Å². The molecule has 0 atom stereocenters. The van der Waals surface area contributed by atoms with Crippen molar-refractivity contribution >= 4 is 11.9 Å². The van der Waals surface area contributed by atoms with E-state index in [1.54, 1.807) is 11.8 Å². The SMILES string of the molecule is CCOC(=O)C1(C(=O)N2CC(C)(C)OC(C)(C)C2)CC1. The monoisotopic (exact) mass is 283 g/mol. The van der Waals surface area contributed by atoms with Crippen LogP contribution in [0.15, 0.2) is 0 Å². The van der Waals surface area contributed by atoms with E-state index in [-0.39, 0.29) is 11.9 Å². The number of amides is 1. The van der Waals surface area contributed by atoms with Crippen molar-refractivity contribution in [1.82, 2.24) is 4.90 Å². The first-order chi connectivity index (χ1) is 9.12. The van der Waals surface area contributed by atoms with Gasteiger partial charge in [0.15, 0.2) is 0 Å². The van der Waals surface area contributed by atoms with E-state index >= 15 is 0 Å². The van der Waals surface area contributed by atoms with Crippen LogP contribution >= 0.6 is 0 Å². The molecule has 1 heterocycles. The molecule has 0 aromatic heterocycles. The summed E-state index contributed by atoms with van der Waals surface area (Å²) in [6.45, 7) is 11.0. The quantitative estimate of drug-likeness (QED) is 0.585. The van der Waals surface area contributed by atoms with Crippen LogP contribution in [0.25, 0.3) is 0 Å². The summed E-state index contributed by atoms with van der Waals surface area (Å²) in [5.74, 6) is -0.465. The minimum absolute atomic E-state index is 0.0969. The van der Waals surface area contributed by atoms with Crippen molar-refractivity contribution in [1.29, 1.82) is 0 Å². The fourth-order valence-electron chi connectivity index (χ4n) is 3.13. The van der Waals surface area contributed by atoms with Crippen molar-refractivity contribution in [2.24, 2.45) is 5.41 Å². The van der Waals surface area contributed by atoms with E-state index in [0.717, 1.165) is 0 Å². The number of esters is 1. The van der Waals surface area contributed by atoms with Crippen LogP contribution in [0, 0.1) is 5.41 Å². The lowest BCUT2D eigenvalue weighted by atomic mass is 9.96. The van der Waals surface area contributed by atoms with Crippen LogP contribution in [-0.2, 0) is 19.1 Å². The number of rotatable bonds is 3. The van der Waals surface area contributed by atoms with Crippen molar-refractivity contribution in [3.8, 4) is 0 Å². The van der Waals surface area contributed by atoms with Gasteiger partial charge in [0.05, 0.1) is 17.8 Å². The molecular weight excluding hydrogens is 258 g/mol. The van der Waals surface area contributed by atoms with Gasteiger partial charge < -0.3 is 14.4 Å². The molecule has 5 nitrogen and oxygen atoms in total. The Kier molecular flexibility index (Phi) is 3.61. The summed E-state index contributed by atoms with van der Waals surface area (Å²) in [5.41, 5.74) is -1.72. The number of hydrogen-bond donors (Lipinski definition) is 0. The summed E-state index contributed by atoms with van der Waals surface area (Å²) in [5, 5.41) is 0. The van der Waals surface area contributed by atoms with Crippen LogP contribution in [-0.4, -0.2) is 47.7 Å². The molecule has 1 aliphatic heterocycles. The van der Waals surface area contributed by atoms with Crippen molar-refractivity contribution in [2.75, 3.05) is 19.7 Å². The third kappa shape index (κ3) is 2.82. The molecule has 0 aromatic rings. The number of morpholine rings is 1. The van der Waals surface area contributed by atoms with Gasteiger partial charge in [0.1, 0.15) is 5.41 Å². The van der Waals surface area contributed by atoms with Gasteiger partial charge in [-0.1, -0.05) is 0 Å². The van der Waals surface area contributed by atoms with Crippen molar-refractivity contribution < 1.29 is 19.1 Å². The molecular formula is C15H25NO4. The smallest absolute Gasteiger partial charge is 0.321 e. The Morgan fingerprint density at radius 1 is 1.10 bits per heavy atom. The van der Waals surface area contributed by atoms with Crippen molar-refractivity contribution in [2.45, 2.75) is 58.7 Å². The highest BCUT2D eigenvalue weighted by Crippen LogP contribution is 2.49. The van der Waals surface area contributed by atoms with E-state index in [1.165, 1.54) is 0 Å². The number of hydrogen-bond acceptors (Lipinski definition) is 4. The first-order valence-electron chi connectivity index (χ1n) is 7.29. The molecule has 1 saturated heterocycles. The average Bonchev–Trinajstić information content (AvgIpc) is 3.05. The normalized spacial score (nSPS) is 25.9. The second kappa shape index (κ2) is 4.72. The van der Waals surface area contributed by atoms with Crippen LogP contribution in [0.4, 0.5) is 0 Å². The third-order valence-electron chi connectivity index (χ3n) is 3.81. The van der Waals surface area contributed by atoms with E-state index in [4.69, 9.17) is 9.47 Å². The van der Waals surface area contributed by atoms with Gasteiger partial charge in [0.2, 0.25) is 5.91 Å². The highest BCUT2D eigenvalue weighted by atomic mass is 16.5. The molecule has 2 aliphatic rings. The van der Waals surface area contributed by atoms with E-state index in [1.807, 2.05) is 27.7 Å².